The molecule has 1 heterocycles. The van der Waals surface area contributed by atoms with Gasteiger partial charge in [-0.05, 0) is 37.1 Å². The average molecular weight is 216 g/mol. The fourth-order valence-corrected chi connectivity index (χ4v) is 2.45. The largest absolute Gasteiger partial charge is 0.378 e. The van der Waals surface area contributed by atoms with E-state index in [1.165, 1.54) is 27.8 Å². The summed E-state index contributed by atoms with van der Waals surface area (Å²) >= 11 is 0. The lowest BCUT2D eigenvalue weighted by atomic mass is 10.1. The van der Waals surface area contributed by atoms with Gasteiger partial charge in [0.25, 0.3) is 0 Å². The van der Waals surface area contributed by atoms with Crippen molar-refractivity contribution in [3.63, 3.8) is 0 Å². The summed E-state index contributed by atoms with van der Waals surface area (Å²) in [6.07, 6.45) is 1.09. The Morgan fingerprint density at radius 3 is 2.50 bits per heavy atom. The van der Waals surface area contributed by atoms with Gasteiger partial charge in [0.1, 0.15) is 0 Å². The van der Waals surface area contributed by atoms with E-state index in [0.29, 0.717) is 0 Å². The topological polar surface area (TPSA) is 8.17 Å². The minimum Gasteiger partial charge on any atom is -0.378 e. The van der Waals surface area contributed by atoms with Gasteiger partial charge in [-0.2, -0.15) is 0 Å². The average Bonchev–Trinajstić information content (AvgIpc) is 2.51. The van der Waals surface area contributed by atoms with E-state index in [1.807, 2.05) is 0 Å². The number of anilines is 1. The third-order valence-electron chi connectivity index (χ3n) is 3.43. The van der Waals surface area contributed by atoms with Crippen LogP contribution in [0.2, 0.25) is 0 Å². The molecule has 0 saturated heterocycles. The van der Waals surface area contributed by atoms with Crippen LogP contribution < -0.4 is 4.90 Å². The lowest BCUT2D eigenvalue weighted by Gasteiger charge is -2.12. The summed E-state index contributed by atoms with van der Waals surface area (Å²) in [4.78, 5) is 2.15. The summed E-state index contributed by atoms with van der Waals surface area (Å²) < 4.78 is 2.31. The van der Waals surface area contributed by atoms with E-state index in [2.05, 4.69) is 62.7 Å². The molecule has 0 unspecified atom stereocenters. The second-order valence-corrected chi connectivity index (χ2v) is 4.58. The van der Waals surface area contributed by atoms with E-state index in [-0.39, 0.29) is 0 Å². The Morgan fingerprint density at radius 2 is 1.94 bits per heavy atom. The zero-order chi connectivity index (χ0) is 11.9. The first-order valence-electron chi connectivity index (χ1n) is 5.81. The highest BCUT2D eigenvalue weighted by Gasteiger charge is 2.10. The number of hydrogen-bond donors (Lipinski definition) is 0. The molecule has 0 N–H and O–H groups in total. The summed E-state index contributed by atoms with van der Waals surface area (Å²) in [5, 5.41) is 1.38. The van der Waals surface area contributed by atoms with E-state index >= 15 is 0 Å². The van der Waals surface area contributed by atoms with Crippen LogP contribution in [0.25, 0.3) is 10.9 Å². The fraction of sp³-hybridized carbons (Fsp3) is 0.429. The molecule has 0 saturated carbocycles. The third kappa shape index (κ3) is 1.49. The second-order valence-electron chi connectivity index (χ2n) is 4.58. The molecule has 16 heavy (non-hydrogen) atoms. The molecule has 0 atom stereocenters. The van der Waals surface area contributed by atoms with E-state index in [9.17, 15) is 0 Å². The van der Waals surface area contributed by atoms with Gasteiger partial charge in [-0.1, -0.05) is 6.92 Å². The van der Waals surface area contributed by atoms with E-state index < -0.39 is 0 Å². The fourth-order valence-electron chi connectivity index (χ4n) is 2.45. The number of aryl methyl sites for hydroxylation is 2. The van der Waals surface area contributed by atoms with Crippen LogP contribution in [0.1, 0.15) is 18.2 Å². The first kappa shape index (κ1) is 11.1. The van der Waals surface area contributed by atoms with E-state index in [0.717, 1.165) is 6.42 Å². The summed E-state index contributed by atoms with van der Waals surface area (Å²) in [6.45, 7) is 4.44. The van der Waals surface area contributed by atoms with Crippen molar-refractivity contribution >= 4 is 16.6 Å². The summed E-state index contributed by atoms with van der Waals surface area (Å²) in [5.74, 6) is 0. The first-order chi connectivity index (χ1) is 7.56. The Morgan fingerprint density at radius 1 is 1.25 bits per heavy atom. The molecule has 0 spiro atoms. The maximum absolute atomic E-state index is 2.31. The van der Waals surface area contributed by atoms with Gasteiger partial charge in [0.15, 0.2) is 0 Å². The predicted octanol–water partition coefficient (Wildman–Crippen LogP) is 3.12. The monoisotopic (exact) mass is 216 g/mol. The van der Waals surface area contributed by atoms with Crippen LogP contribution in [0.5, 0.6) is 0 Å². The van der Waals surface area contributed by atoms with Crippen LogP contribution in [0.15, 0.2) is 18.2 Å². The zero-order valence-electron chi connectivity index (χ0n) is 10.8. The van der Waals surface area contributed by atoms with Gasteiger partial charge in [-0.15, -0.1) is 0 Å². The predicted molar refractivity (Wildman–Crippen MR) is 71.4 cm³/mol. The van der Waals surface area contributed by atoms with Crippen molar-refractivity contribution in [3.8, 4) is 0 Å². The van der Waals surface area contributed by atoms with Gasteiger partial charge >= 0.3 is 0 Å². The molecule has 0 aliphatic carbocycles. The molecule has 2 aromatic rings. The Bertz CT molecular complexity index is 521. The van der Waals surface area contributed by atoms with Crippen LogP contribution in [0, 0.1) is 6.92 Å². The van der Waals surface area contributed by atoms with Gasteiger partial charge in [0, 0.05) is 43.4 Å². The summed E-state index contributed by atoms with van der Waals surface area (Å²) in [5.41, 5.74) is 5.46. The van der Waals surface area contributed by atoms with Crippen molar-refractivity contribution < 1.29 is 0 Å². The van der Waals surface area contributed by atoms with Crippen molar-refractivity contribution in [1.29, 1.82) is 0 Å². The van der Waals surface area contributed by atoms with Crippen LogP contribution in [-0.2, 0) is 13.5 Å². The van der Waals surface area contributed by atoms with Gasteiger partial charge in [-0.3, -0.25) is 0 Å². The maximum atomic E-state index is 2.31. The van der Waals surface area contributed by atoms with Gasteiger partial charge in [-0.25, -0.2) is 0 Å². The van der Waals surface area contributed by atoms with Crippen molar-refractivity contribution in [2.45, 2.75) is 20.3 Å². The van der Waals surface area contributed by atoms with Crippen LogP contribution >= 0.6 is 0 Å². The van der Waals surface area contributed by atoms with Crippen molar-refractivity contribution in [3.05, 3.63) is 29.5 Å². The Hall–Kier alpha value is -1.44. The quantitative estimate of drug-likeness (QED) is 0.749. The lowest BCUT2D eigenvalue weighted by molar-refractivity contribution is 0.857. The first-order valence-corrected chi connectivity index (χ1v) is 5.81. The second kappa shape index (κ2) is 3.85. The number of rotatable bonds is 2. The minimum absolute atomic E-state index is 1.09. The summed E-state index contributed by atoms with van der Waals surface area (Å²) in [6, 6.07) is 6.68. The zero-order valence-corrected chi connectivity index (χ0v) is 10.8. The Labute approximate surface area is 97.5 Å². The number of nitrogens with zero attached hydrogens (tertiary/aromatic N) is 2. The number of aromatic nitrogens is 1. The standard InChI is InChI=1S/C14H20N2/c1-6-13-10(2)12-9-11(15(3)4)7-8-14(12)16(13)5/h7-9H,6H2,1-5H3. The molecule has 1 aromatic carbocycles. The third-order valence-corrected chi connectivity index (χ3v) is 3.43. The smallest absolute Gasteiger partial charge is 0.0484 e. The highest BCUT2D eigenvalue weighted by atomic mass is 15.1. The molecule has 2 heteroatoms. The minimum atomic E-state index is 1.09. The van der Waals surface area contributed by atoms with Crippen LogP contribution in [0.4, 0.5) is 5.69 Å². The number of hydrogen-bond acceptors (Lipinski definition) is 1. The molecule has 2 nitrogen and oxygen atoms in total. The maximum Gasteiger partial charge on any atom is 0.0484 e. The molecule has 0 aliphatic heterocycles. The molecular weight excluding hydrogens is 196 g/mol. The SMILES string of the molecule is CCc1c(C)c2cc(N(C)C)ccc2n1C. The highest BCUT2D eigenvalue weighted by Crippen LogP contribution is 2.28. The molecule has 0 radical (unpaired) electrons. The molecule has 1 aromatic heterocycles. The van der Waals surface area contributed by atoms with Gasteiger partial charge in [0.2, 0.25) is 0 Å². The van der Waals surface area contributed by atoms with Crippen molar-refractivity contribution in [2.75, 3.05) is 19.0 Å². The molecule has 0 bridgehead atoms. The van der Waals surface area contributed by atoms with Crippen LogP contribution in [0.3, 0.4) is 0 Å². The van der Waals surface area contributed by atoms with E-state index in [4.69, 9.17) is 0 Å². The number of fused-ring (bicyclic) bond motifs is 1. The van der Waals surface area contributed by atoms with Gasteiger partial charge in [0.05, 0.1) is 0 Å². The molecule has 0 amide bonds. The lowest BCUT2D eigenvalue weighted by Crippen LogP contribution is -2.08. The number of benzene rings is 1. The van der Waals surface area contributed by atoms with Crippen LogP contribution in [-0.4, -0.2) is 18.7 Å². The van der Waals surface area contributed by atoms with Gasteiger partial charge < -0.3 is 9.47 Å². The molecule has 86 valence electrons. The highest BCUT2D eigenvalue weighted by molar-refractivity contribution is 5.88. The normalized spacial score (nSPS) is 11.1. The molecule has 2 rings (SSSR count). The molecule has 0 aliphatic rings. The van der Waals surface area contributed by atoms with Crippen molar-refractivity contribution in [1.82, 2.24) is 4.57 Å². The van der Waals surface area contributed by atoms with Crippen molar-refractivity contribution in [2.24, 2.45) is 7.05 Å². The molecular formula is C14H20N2. The Balaban J connectivity index is 2.74. The Kier molecular flexibility index (Phi) is 2.66. The van der Waals surface area contributed by atoms with E-state index in [1.54, 1.807) is 0 Å². The molecule has 0 fully saturated rings. The summed E-state index contributed by atoms with van der Waals surface area (Å²) in [7, 11) is 6.32.